The first-order chi connectivity index (χ1) is 11.1. The molecule has 0 bridgehead atoms. The lowest BCUT2D eigenvalue weighted by molar-refractivity contribution is 0.0679. The van der Waals surface area contributed by atoms with Crippen LogP contribution in [-0.2, 0) is 6.54 Å². The summed E-state index contributed by atoms with van der Waals surface area (Å²) in [5.74, 6) is 0.974. The van der Waals surface area contributed by atoms with Crippen LogP contribution < -0.4 is 4.74 Å². The van der Waals surface area contributed by atoms with Gasteiger partial charge in [-0.2, -0.15) is 0 Å². The van der Waals surface area contributed by atoms with E-state index in [0.29, 0.717) is 0 Å². The number of ether oxygens (including phenoxy) is 1. The minimum absolute atomic E-state index is 0.522. The molecule has 0 spiro atoms. The quantitative estimate of drug-likeness (QED) is 0.650. The van der Waals surface area contributed by atoms with Crippen LogP contribution in [0, 0.1) is 0 Å². The second-order valence-corrected chi connectivity index (χ2v) is 7.22. The van der Waals surface area contributed by atoms with Gasteiger partial charge in [-0.15, -0.1) is 0 Å². The van der Waals surface area contributed by atoms with Crippen molar-refractivity contribution in [2.75, 3.05) is 19.7 Å². The Morgan fingerprint density at radius 1 is 1.17 bits per heavy atom. The van der Waals surface area contributed by atoms with Crippen molar-refractivity contribution in [3.05, 3.63) is 29.8 Å². The van der Waals surface area contributed by atoms with E-state index in [4.69, 9.17) is 4.74 Å². The first-order valence-corrected chi connectivity index (χ1v) is 9.25. The van der Waals surface area contributed by atoms with Crippen molar-refractivity contribution < 1.29 is 9.84 Å². The predicted molar refractivity (Wildman–Crippen MR) is 95.8 cm³/mol. The van der Waals surface area contributed by atoms with E-state index in [2.05, 4.69) is 30.0 Å². The van der Waals surface area contributed by atoms with Gasteiger partial charge in [-0.3, -0.25) is 4.90 Å². The van der Waals surface area contributed by atoms with Gasteiger partial charge in [0.05, 0.1) is 12.2 Å². The second kappa shape index (κ2) is 9.29. The van der Waals surface area contributed by atoms with Crippen molar-refractivity contribution in [3.63, 3.8) is 0 Å². The molecule has 0 amide bonds. The average Bonchev–Trinajstić information content (AvgIpc) is 2.85. The van der Waals surface area contributed by atoms with Gasteiger partial charge >= 0.3 is 0 Å². The fourth-order valence-electron chi connectivity index (χ4n) is 3.24. The fourth-order valence-corrected chi connectivity index (χ4v) is 3.24. The Balaban J connectivity index is 1.68. The van der Waals surface area contributed by atoms with Crippen LogP contribution in [0.15, 0.2) is 24.3 Å². The van der Waals surface area contributed by atoms with E-state index < -0.39 is 5.60 Å². The molecule has 3 nitrogen and oxygen atoms in total. The zero-order chi connectivity index (χ0) is 16.5. The maximum atomic E-state index is 10.1. The number of benzene rings is 1. The van der Waals surface area contributed by atoms with Crippen molar-refractivity contribution in [3.8, 4) is 5.75 Å². The summed E-state index contributed by atoms with van der Waals surface area (Å²) in [7, 11) is 0. The molecule has 1 atom stereocenters. The summed E-state index contributed by atoms with van der Waals surface area (Å²) in [6.45, 7) is 7.61. The summed E-state index contributed by atoms with van der Waals surface area (Å²) < 4.78 is 5.89. The molecule has 3 heteroatoms. The van der Waals surface area contributed by atoms with E-state index in [9.17, 15) is 5.11 Å². The van der Waals surface area contributed by atoms with Crippen LogP contribution in [0.4, 0.5) is 0 Å². The highest BCUT2D eigenvalue weighted by Gasteiger charge is 2.30. The molecule has 130 valence electrons. The number of likely N-dealkylation sites (tertiary alicyclic amines) is 1. The van der Waals surface area contributed by atoms with Crippen LogP contribution in [-0.4, -0.2) is 35.3 Å². The Bertz CT molecular complexity index is 459. The number of nitrogens with zero attached hydrogens (tertiary/aromatic N) is 1. The normalized spacial score (nSPS) is 21.7. The molecule has 1 N–H and O–H groups in total. The Morgan fingerprint density at radius 3 is 2.70 bits per heavy atom. The monoisotopic (exact) mass is 319 g/mol. The molecular weight excluding hydrogens is 286 g/mol. The number of rotatable bonds is 10. The predicted octanol–water partition coefficient (Wildman–Crippen LogP) is 4.38. The van der Waals surface area contributed by atoms with E-state index in [1.807, 2.05) is 13.0 Å². The van der Waals surface area contributed by atoms with Crippen molar-refractivity contribution in [1.82, 2.24) is 4.90 Å². The van der Waals surface area contributed by atoms with Crippen LogP contribution in [0.5, 0.6) is 5.75 Å². The molecule has 1 heterocycles. The highest BCUT2D eigenvalue weighted by atomic mass is 16.5. The lowest BCUT2D eigenvalue weighted by atomic mass is 10.1. The lowest BCUT2D eigenvalue weighted by Gasteiger charge is -2.19. The summed E-state index contributed by atoms with van der Waals surface area (Å²) in [5.41, 5.74) is 0.745. The third-order valence-electron chi connectivity index (χ3n) is 4.60. The number of hydrogen-bond acceptors (Lipinski definition) is 3. The highest BCUT2D eigenvalue weighted by Crippen LogP contribution is 2.23. The summed E-state index contributed by atoms with van der Waals surface area (Å²) in [6.07, 6.45) is 8.60. The van der Waals surface area contributed by atoms with Gasteiger partial charge in [0.1, 0.15) is 5.75 Å². The summed E-state index contributed by atoms with van der Waals surface area (Å²) in [6, 6.07) is 8.40. The molecule has 0 aliphatic carbocycles. The number of hydrogen-bond donors (Lipinski definition) is 1. The largest absolute Gasteiger partial charge is 0.494 e. The van der Waals surface area contributed by atoms with Crippen molar-refractivity contribution in [1.29, 1.82) is 0 Å². The average molecular weight is 319 g/mol. The topological polar surface area (TPSA) is 32.7 Å². The highest BCUT2D eigenvalue weighted by molar-refractivity contribution is 5.28. The minimum atomic E-state index is -0.522. The molecule has 0 radical (unpaired) electrons. The third-order valence-corrected chi connectivity index (χ3v) is 4.60. The van der Waals surface area contributed by atoms with Gasteiger partial charge in [0.25, 0.3) is 0 Å². The molecule has 1 fully saturated rings. The molecule has 1 aromatic rings. The van der Waals surface area contributed by atoms with E-state index >= 15 is 0 Å². The molecule has 1 aliphatic rings. The zero-order valence-corrected chi connectivity index (χ0v) is 14.9. The van der Waals surface area contributed by atoms with Crippen LogP contribution >= 0.6 is 0 Å². The maximum absolute atomic E-state index is 10.1. The molecule has 2 rings (SSSR count). The lowest BCUT2D eigenvalue weighted by Crippen LogP contribution is -2.29. The standard InChI is InChI=1S/C20H33NO2/c1-3-4-5-6-7-8-14-23-19-11-9-10-18(15-19)16-21-13-12-20(2,22)17-21/h9-11,15,22H,3-8,12-14,16-17H2,1-2H3. The van der Waals surface area contributed by atoms with Gasteiger partial charge in [0.15, 0.2) is 0 Å². The first-order valence-electron chi connectivity index (χ1n) is 9.25. The first kappa shape index (κ1) is 18.3. The number of aliphatic hydroxyl groups is 1. The van der Waals surface area contributed by atoms with Crippen LogP contribution in [0.3, 0.4) is 0 Å². The molecular formula is C20H33NO2. The summed E-state index contributed by atoms with van der Waals surface area (Å²) in [5, 5.41) is 10.1. The van der Waals surface area contributed by atoms with Crippen molar-refractivity contribution >= 4 is 0 Å². The van der Waals surface area contributed by atoms with E-state index in [1.54, 1.807) is 0 Å². The molecule has 1 unspecified atom stereocenters. The Hall–Kier alpha value is -1.06. The van der Waals surface area contributed by atoms with Crippen molar-refractivity contribution in [2.45, 2.75) is 70.9 Å². The van der Waals surface area contributed by atoms with Crippen LogP contribution in [0.2, 0.25) is 0 Å². The van der Waals surface area contributed by atoms with Gasteiger partial charge in [-0.05, 0) is 37.5 Å². The minimum Gasteiger partial charge on any atom is -0.494 e. The SMILES string of the molecule is CCCCCCCCOc1cccc(CN2CCC(C)(O)C2)c1. The Labute approximate surface area is 141 Å². The Kier molecular flexibility index (Phi) is 7.38. The van der Waals surface area contributed by atoms with E-state index in [1.165, 1.54) is 37.7 Å². The van der Waals surface area contributed by atoms with Crippen molar-refractivity contribution in [2.24, 2.45) is 0 Å². The van der Waals surface area contributed by atoms with Gasteiger partial charge < -0.3 is 9.84 Å². The van der Waals surface area contributed by atoms with Gasteiger partial charge in [-0.1, -0.05) is 51.2 Å². The van der Waals surface area contributed by atoms with Gasteiger partial charge in [0.2, 0.25) is 0 Å². The van der Waals surface area contributed by atoms with Crippen LogP contribution in [0.25, 0.3) is 0 Å². The zero-order valence-electron chi connectivity index (χ0n) is 14.9. The maximum Gasteiger partial charge on any atom is 0.119 e. The molecule has 1 aliphatic heterocycles. The molecule has 23 heavy (non-hydrogen) atoms. The third kappa shape index (κ3) is 6.92. The van der Waals surface area contributed by atoms with E-state index in [0.717, 1.165) is 44.8 Å². The van der Waals surface area contributed by atoms with Gasteiger partial charge in [0, 0.05) is 19.6 Å². The second-order valence-electron chi connectivity index (χ2n) is 7.22. The summed E-state index contributed by atoms with van der Waals surface area (Å²) >= 11 is 0. The molecule has 1 saturated heterocycles. The number of unbranched alkanes of at least 4 members (excludes halogenated alkanes) is 5. The molecule has 1 aromatic carbocycles. The van der Waals surface area contributed by atoms with Gasteiger partial charge in [-0.25, -0.2) is 0 Å². The van der Waals surface area contributed by atoms with E-state index in [-0.39, 0.29) is 0 Å². The molecule has 0 aromatic heterocycles. The summed E-state index contributed by atoms with van der Waals surface area (Å²) in [4.78, 5) is 2.31. The smallest absolute Gasteiger partial charge is 0.119 e. The number of β-amino-alcohol motifs (C(OH)–C–C–N with tert-alkyl or cyclic N) is 1. The Morgan fingerprint density at radius 2 is 1.96 bits per heavy atom. The fraction of sp³-hybridized carbons (Fsp3) is 0.700. The molecule has 0 saturated carbocycles. The van der Waals surface area contributed by atoms with Crippen LogP contribution in [0.1, 0.15) is 64.4 Å².